The Bertz CT molecular complexity index is 2010. The van der Waals surface area contributed by atoms with Crippen molar-refractivity contribution in [2.75, 3.05) is 45.2 Å². The van der Waals surface area contributed by atoms with Crippen LogP contribution in [-0.4, -0.2) is 137 Å². The third-order valence-electron chi connectivity index (χ3n) is 9.38. The van der Waals surface area contributed by atoms with Crippen LogP contribution in [0.15, 0.2) is 12.7 Å². The maximum atomic E-state index is 12.3. The van der Waals surface area contributed by atoms with Crippen LogP contribution in [0.4, 0.5) is 15.5 Å². The Balaban J connectivity index is 0.000000236. The highest BCUT2D eigenvalue weighted by Crippen LogP contribution is 2.30. The van der Waals surface area contributed by atoms with Gasteiger partial charge in [0.15, 0.2) is 26.2 Å². The van der Waals surface area contributed by atoms with Gasteiger partial charge in [0.1, 0.15) is 36.1 Å². The Morgan fingerprint density at radius 1 is 0.780 bits per heavy atom. The Morgan fingerprint density at radius 2 is 1.20 bits per heavy atom. The number of hydrogen-bond acceptors (Lipinski definition) is 14. The van der Waals surface area contributed by atoms with Gasteiger partial charge in [-0.2, -0.15) is 9.97 Å². The van der Waals surface area contributed by atoms with Gasteiger partial charge in [-0.1, -0.05) is 13.8 Å². The smallest absolute Gasteiger partial charge is 0.410 e. The molecule has 59 heavy (non-hydrogen) atoms. The highest BCUT2D eigenvalue weighted by Gasteiger charge is 2.33. The SMILES string of the molecule is CCn1c(I)nc2c(O[C@H]3CCN(C(=O)OC(C)(C)C)C3)ncnc21.CCn1c(N(C)C(C)C)nc2c(O[C@H]3CCN(C(=O)OC(C)(C)C)C3)ncnc21.CNC(C)C. The Kier molecular flexibility index (Phi) is 16.3. The number of amides is 2. The number of rotatable bonds is 9. The average molecular weight is 937 g/mol. The summed E-state index contributed by atoms with van der Waals surface area (Å²) in [5.41, 5.74) is 1.80. The van der Waals surface area contributed by atoms with Crippen molar-refractivity contribution in [2.24, 2.45) is 0 Å². The molecule has 0 aliphatic carbocycles. The summed E-state index contributed by atoms with van der Waals surface area (Å²) in [5, 5.41) is 3.03. The Morgan fingerprint density at radius 3 is 1.59 bits per heavy atom. The number of imidazole rings is 2. The minimum absolute atomic E-state index is 0.130. The van der Waals surface area contributed by atoms with Crippen molar-refractivity contribution < 1.29 is 28.5 Å². The van der Waals surface area contributed by atoms with Crippen LogP contribution >= 0.6 is 22.6 Å². The number of nitrogens with one attached hydrogen (secondary N) is 1. The van der Waals surface area contributed by atoms with Crippen LogP contribution in [0.5, 0.6) is 11.8 Å². The molecule has 6 heterocycles. The molecule has 328 valence electrons. The molecule has 19 heteroatoms. The normalized spacial score (nSPS) is 16.9. The molecule has 0 saturated carbocycles. The number of carbonyl (C=O) groups excluding carboxylic acids is 2. The zero-order valence-corrected chi connectivity index (χ0v) is 39.5. The molecule has 2 saturated heterocycles. The first-order valence-corrected chi connectivity index (χ1v) is 21.5. The number of ether oxygens (including phenoxy) is 4. The van der Waals surface area contributed by atoms with Gasteiger partial charge in [-0.05, 0) is 76.3 Å². The highest BCUT2D eigenvalue weighted by molar-refractivity contribution is 14.1. The van der Waals surface area contributed by atoms with Crippen LogP contribution in [0, 0.1) is 3.83 Å². The molecule has 0 aromatic carbocycles. The number of fused-ring (bicyclic) bond motifs is 2. The molecule has 0 unspecified atom stereocenters. The quantitative estimate of drug-likeness (QED) is 0.141. The molecule has 18 nitrogen and oxygen atoms in total. The predicted molar refractivity (Wildman–Crippen MR) is 236 cm³/mol. The van der Waals surface area contributed by atoms with Crippen molar-refractivity contribution in [3.63, 3.8) is 0 Å². The predicted octanol–water partition coefficient (Wildman–Crippen LogP) is 6.53. The van der Waals surface area contributed by atoms with E-state index in [1.54, 1.807) is 9.80 Å². The van der Waals surface area contributed by atoms with Crippen molar-refractivity contribution >= 4 is 63.1 Å². The first kappa shape index (κ1) is 47.4. The van der Waals surface area contributed by atoms with E-state index in [0.29, 0.717) is 61.1 Å². The molecule has 2 amide bonds. The standard InChI is InChI=1S/C20H32N6O3.C16H22IN5O3.C4H11N/c1-8-26-16-15(23-18(26)24(7)13(2)3)17(22-12-21-16)28-14-9-10-25(11-14)19(27)29-20(4,5)6;1-5-22-12-11(20-14(22)17)13(19-9-18-12)24-10-6-7-21(8-10)15(23)25-16(2,3)4;1-4(2)5-3/h12-14H,8-11H2,1-7H3;9-10H,5-8H2,1-4H3;4-5H,1-3H3/t14-;10-;/m00./s1. The average Bonchev–Trinajstić information content (AvgIpc) is 3.96. The molecule has 0 bridgehead atoms. The number of carbonyl (C=O) groups is 2. The van der Waals surface area contributed by atoms with Crippen LogP contribution in [-0.2, 0) is 22.6 Å². The van der Waals surface area contributed by atoms with Gasteiger partial charge in [-0.15, -0.1) is 0 Å². The zero-order valence-electron chi connectivity index (χ0n) is 37.4. The second-order valence-electron chi connectivity index (χ2n) is 17.0. The van der Waals surface area contributed by atoms with E-state index in [1.807, 2.05) is 67.1 Å². The maximum absolute atomic E-state index is 12.3. The number of halogens is 1. The lowest BCUT2D eigenvalue weighted by molar-refractivity contribution is 0.0265. The molecular formula is C40H65IN12O6. The van der Waals surface area contributed by atoms with Crippen molar-refractivity contribution in [3.05, 3.63) is 16.5 Å². The van der Waals surface area contributed by atoms with E-state index in [4.69, 9.17) is 23.9 Å². The fraction of sp³-hybridized carbons (Fsp3) is 0.700. The molecule has 6 rings (SSSR count). The molecule has 4 aromatic heterocycles. The van der Waals surface area contributed by atoms with Crippen LogP contribution in [0.1, 0.15) is 95.9 Å². The van der Waals surface area contributed by atoms with E-state index >= 15 is 0 Å². The number of anilines is 1. The topological polar surface area (TPSA) is 180 Å². The van der Waals surface area contributed by atoms with Gasteiger partial charge < -0.3 is 43.5 Å². The summed E-state index contributed by atoms with van der Waals surface area (Å²) in [6, 6.07) is 0.932. The van der Waals surface area contributed by atoms with Gasteiger partial charge in [0.2, 0.25) is 17.7 Å². The van der Waals surface area contributed by atoms with E-state index < -0.39 is 11.2 Å². The number of likely N-dealkylation sites (tertiary alicyclic amines) is 2. The third-order valence-corrected chi connectivity index (χ3v) is 10.2. The van der Waals surface area contributed by atoms with E-state index in [9.17, 15) is 9.59 Å². The van der Waals surface area contributed by atoms with Gasteiger partial charge in [0, 0.05) is 80.7 Å². The second-order valence-corrected chi connectivity index (χ2v) is 18.0. The van der Waals surface area contributed by atoms with E-state index in [1.165, 1.54) is 12.7 Å². The summed E-state index contributed by atoms with van der Waals surface area (Å²) in [7, 11) is 3.96. The molecule has 4 aromatic rings. The lowest BCUT2D eigenvalue weighted by Gasteiger charge is -2.24. The molecule has 2 atom stereocenters. The second kappa shape index (κ2) is 20.3. The molecule has 0 spiro atoms. The molecule has 2 aliphatic rings. The first-order valence-electron chi connectivity index (χ1n) is 20.4. The number of aromatic nitrogens is 8. The summed E-state index contributed by atoms with van der Waals surface area (Å²) in [6.45, 7) is 27.4. The van der Waals surface area contributed by atoms with Gasteiger partial charge in [0.05, 0.1) is 13.1 Å². The van der Waals surface area contributed by atoms with Gasteiger partial charge in [-0.25, -0.2) is 29.5 Å². The summed E-state index contributed by atoms with van der Waals surface area (Å²) in [5.74, 6) is 1.76. The fourth-order valence-corrected chi connectivity index (χ4v) is 6.80. The van der Waals surface area contributed by atoms with Crippen LogP contribution in [0.3, 0.4) is 0 Å². The minimum atomic E-state index is -0.513. The largest absolute Gasteiger partial charge is 0.471 e. The minimum Gasteiger partial charge on any atom is -0.471 e. The van der Waals surface area contributed by atoms with Crippen molar-refractivity contribution in [1.82, 2.24) is 54.2 Å². The van der Waals surface area contributed by atoms with Gasteiger partial charge in [-0.3, -0.25) is 4.57 Å². The zero-order chi connectivity index (χ0) is 43.8. The summed E-state index contributed by atoms with van der Waals surface area (Å²) < 4.78 is 28.0. The molecular weight excluding hydrogens is 871 g/mol. The molecule has 2 aliphatic heterocycles. The lowest BCUT2D eigenvalue weighted by Crippen LogP contribution is -2.36. The summed E-state index contributed by atoms with van der Waals surface area (Å²) in [6.07, 6.45) is 3.54. The summed E-state index contributed by atoms with van der Waals surface area (Å²) in [4.78, 5) is 56.5. The number of hydrogen-bond donors (Lipinski definition) is 1. The van der Waals surface area contributed by atoms with Crippen LogP contribution in [0.25, 0.3) is 22.3 Å². The van der Waals surface area contributed by atoms with E-state index in [2.05, 4.69) is 96.9 Å². The molecule has 2 fully saturated rings. The van der Waals surface area contributed by atoms with Gasteiger partial charge >= 0.3 is 12.2 Å². The monoisotopic (exact) mass is 936 g/mol. The number of nitrogens with zero attached hydrogens (tertiary/aromatic N) is 11. The van der Waals surface area contributed by atoms with Crippen LogP contribution < -0.4 is 19.7 Å². The molecule has 0 radical (unpaired) electrons. The lowest BCUT2D eigenvalue weighted by atomic mass is 10.2. The highest BCUT2D eigenvalue weighted by atomic mass is 127. The van der Waals surface area contributed by atoms with E-state index in [0.717, 1.165) is 47.0 Å². The Labute approximate surface area is 362 Å². The van der Waals surface area contributed by atoms with E-state index in [-0.39, 0.29) is 24.4 Å². The third kappa shape index (κ3) is 12.9. The fourth-order valence-electron chi connectivity index (χ4n) is 5.99. The maximum Gasteiger partial charge on any atom is 0.410 e. The summed E-state index contributed by atoms with van der Waals surface area (Å²) >= 11 is 2.18. The Hall–Kier alpha value is -4.27. The van der Waals surface area contributed by atoms with Crippen molar-refractivity contribution in [3.8, 4) is 11.8 Å². The first-order chi connectivity index (χ1) is 27.7. The van der Waals surface area contributed by atoms with Gasteiger partial charge in [0.25, 0.3) is 0 Å². The van der Waals surface area contributed by atoms with Crippen molar-refractivity contribution in [2.45, 2.75) is 145 Å². The number of aryl methyl sites for hydroxylation is 2. The van der Waals surface area contributed by atoms with Crippen LogP contribution in [0.2, 0.25) is 0 Å². The molecule has 1 N–H and O–H groups in total. The van der Waals surface area contributed by atoms with Crippen molar-refractivity contribution in [1.29, 1.82) is 0 Å².